The van der Waals surface area contributed by atoms with Gasteiger partial charge >= 0.3 is 6.03 Å². The number of carbonyl (C=O) groups is 1. The highest BCUT2D eigenvalue weighted by molar-refractivity contribution is 5.74. The Balaban J connectivity index is 1.90. The average molecular weight is 309 g/mol. The van der Waals surface area contributed by atoms with Crippen LogP contribution >= 0.6 is 0 Å². The topological polar surface area (TPSA) is 35.6 Å². The van der Waals surface area contributed by atoms with Gasteiger partial charge in [-0.1, -0.05) is 33.1 Å². The minimum absolute atomic E-state index is 0.146. The molecule has 0 spiro atoms. The maximum absolute atomic E-state index is 12.5. The fourth-order valence-corrected chi connectivity index (χ4v) is 4.29. The molecule has 22 heavy (non-hydrogen) atoms. The summed E-state index contributed by atoms with van der Waals surface area (Å²) in [6.07, 6.45) is 8.61. The molecule has 0 aromatic heterocycles. The van der Waals surface area contributed by atoms with Crippen molar-refractivity contribution in [3.05, 3.63) is 0 Å². The third-order valence-electron chi connectivity index (χ3n) is 5.97. The van der Waals surface area contributed by atoms with Crippen LogP contribution in [0, 0.1) is 11.8 Å². The Kier molecular flexibility index (Phi) is 6.13. The molecule has 0 aromatic carbocycles. The lowest BCUT2D eigenvalue weighted by atomic mass is 9.75. The fraction of sp³-hybridized carbons (Fsp3) is 0.944. The van der Waals surface area contributed by atoms with Crippen LogP contribution in [0.25, 0.3) is 0 Å². The first-order valence-corrected chi connectivity index (χ1v) is 9.17. The number of amides is 2. The van der Waals surface area contributed by atoms with Crippen LogP contribution in [0.1, 0.15) is 58.8 Å². The molecule has 4 nitrogen and oxygen atoms in total. The summed E-state index contributed by atoms with van der Waals surface area (Å²) in [6, 6.07) is 0.151. The summed E-state index contributed by atoms with van der Waals surface area (Å²) in [7, 11) is 4.33. The van der Waals surface area contributed by atoms with Gasteiger partial charge in [-0.25, -0.2) is 4.79 Å². The van der Waals surface area contributed by atoms with Crippen molar-refractivity contribution in [3.63, 3.8) is 0 Å². The van der Waals surface area contributed by atoms with Crippen molar-refractivity contribution < 1.29 is 4.79 Å². The summed E-state index contributed by atoms with van der Waals surface area (Å²) >= 11 is 0. The predicted molar refractivity (Wildman–Crippen MR) is 92.0 cm³/mol. The molecule has 2 amide bonds. The van der Waals surface area contributed by atoms with Gasteiger partial charge in [0.25, 0.3) is 0 Å². The van der Waals surface area contributed by atoms with E-state index in [1.807, 2.05) is 4.90 Å². The van der Waals surface area contributed by atoms with Crippen molar-refractivity contribution in [1.29, 1.82) is 0 Å². The monoisotopic (exact) mass is 309 g/mol. The number of likely N-dealkylation sites (tertiary alicyclic amines) is 1. The van der Waals surface area contributed by atoms with E-state index in [2.05, 4.69) is 38.2 Å². The molecular formula is C18H35N3O. The molecule has 0 aromatic rings. The first kappa shape index (κ1) is 17.6. The van der Waals surface area contributed by atoms with Crippen molar-refractivity contribution in [2.75, 3.05) is 33.7 Å². The van der Waals surface area contributed by atoms with Crippen molar-refractivity contribution in [2.24, 2.45) is 11.8 Å². The zero-order chi connectivity index (χ0) is 16.2. The first-order valence-electron chi connectivity index (χ1n) is 9.17. The van der Waals surface area contributed by atoms with Gasteiger partial charge in [0.15, 0.2) is 0 Å². The standard InChI is InChI=1S/C18H35N3O/c1-5-16-9-7-11-21(13-16)17(22)19-14-18(20(3)4)10-6-8-15(2)12-18/h15-16H,5-14H2,1-4H3,(H,19,22)/t15-,16-,18-/m1/s1. The van der Waals surface area contributed by atoms with Gasteiger partial charge in [-0.05, 0) is 51.6 Å². The van der Waals surface area contributed by atoms with Crippen LogP contribution in [0.3, 0.4) is 0 Å². The minimum Gasteiger partial charge on any atom is -0.336 e. The zero-order valence-corrected chi connectivity index (χ0v) is 15.0. The van der Waals surface area contributed by atoms with Crippen LogP contribution in [0.15, 0.2) is 0 Å². The largest absolute Gasteiger partial charge is 0.336 e. The molecule has 0 bridgehead atoms. The third kappa shape index (κ3) is 4.15. The van der Waals surface area contributed by atoms with E-state index in [0.29, 0.717) is 5.92 Å². The summed E-state index contributed by atoms with van der Waals surface area (Å²) < 4.78 is 0. The summed E-state index contributed by atoms with van der Waals surface area (Å²) in [5, 5.41) is 3.25. The third-order valence-corrected chi connectivity index (χ3v) is 5.97. The van der Waals surface area contributed by atoms with E-state index < -0.39 is 0 Å². The molecule has 128 valence electrons. The number of piperidine rings is 1. The molecule has 1 aliphatic carbocycles. The van der Waals surface area contributed by atoms with Gasteiger partial charge in [-0.15, -0.1) is 0 Å². The Hall–Kier alpha value is -0.770. The fourth-order valence-electron chi connectivity index (χ4n) is 4.29. The van der Waals surface area contributed by atoms with E-state index >= 15 is 0 Å². The van der Waals surface area contributed by atoms with Crippen LogP contribution in [0.5, 0.6) is 0 Å². The second kappa shape index (κ2) is 7.67. The molecule has 1 saturated heterocycles. The maximum Gasteiger partial charge on any atom is 0.317 e. The Bertz CT molecular complexity index is 371. The molecule has 0 unspecified atom stereocenters. The van der Waals surface area contributed by atoms with Crippen LogP contribution in [-0.4, -0.2) is 55.1 Å². The number of likely N-dealkylation sites (N-methyl/N-ethyl adjacent to an activating group) is 1. The molecular weight excluding hydrogens is 274 g/mol. The number of hydrogen-bond donors (Lipinski definition) is 1. The molecule has 2 rings (SSSR count). The molecule has 4 heteroatoms. The van der Waals surface area contributed by atoms with Gasteiger partial charge < -0.3 is 15.1 Å². The van der Waals surface area contributed by atoms with E-state index in [9.17, 15) is 4.79 Å². The number of nitrogens with zero attached hydrogens (tertiary/aromatic N) is 2. The summed E-state index contributed by atoms with van der Waals surface area (Å²) in [5.74, 6) is 1.45. The average Bonchev–Trinajstić information content (AvgIpc) is 2.52. The SMILES string of the molecule is CC[C@@H]1CCCN(C(=O)NC[C@@]2(N(C)C)CCC[C@@H](C)C2)C1. The Labute approximate surface area is 136 Å². The van der Waals surface area contributed by atoms with Crippen LogP contribution < -0.4 is 5.32 Å². The quantitative estimate of drug-likeness (QED) is 0.864. The molecule has 2 fully saturated rings. The highest BCUT2D eigenvalue weighted by Crippen LogP contribution is 2.35. The highest BCUT2D eigenvalue weighted by Gasteiger charge is 2.37. The maximum atomic E-state index is 12.5. The molecule has 2 aliphatic rings. The van der Waals surface area contributed by atoms with Crippen LogP contribution in [-0.2, 0) is 0 Å². The number of nitrogens with one attached hydrogen (secondary N) is 1. The summed E-state index contributed by atoms with van der Waals surface area (Å²) in [6.45, 7) is 7.23. The van der Waals surface area contributed by atoms with E-state index in [-0.39, 0.29) is 11.6 Å². The lowest BCUT2D eigenvalue weighted by Crippen LogP contribution is -2.57. The minimum atomic E-state index is 0.146. The Morgan fingerprint density at radius 2 is 2.09 bits per heavy atom. The van der Waals surface area contributed by atoms with Gasteiger partial charge in [-0.3, -0.25) is 0 Å². The van der Waals surface area contributed by atoms with Gasteiger partial charge in [0.2, 0.25) is 0 Å². The van der Waals surface area contributed by atoms with Gasteiger partial charge in [0.1, 0.15) is 0 Å². The second-order valence-electron chi connectivity index (χ2n) is 7.84. The normalized spacial score (nSPS) is 33.0. The number of carbonyl (C=O) groups excluding carboxylic acids is 1. The van der Waals surface area contributed by atoms with Crippen molar-refractivity contribution in [3.8, 4) is 0 Å². The Morgan fingerprint density at radius 3 is 2.73 bits per heavy atom. The highest BCUT2D eigenvalue weighted by atomic mass is 16.2. The summed E-state index contributed by atoms with van der Waals surface area (Å²) in [4.78, 5) is 16.9. The first-order chi connectivity index (χ1) is 10.5. The zero-order valence-electron chi connectivity index (χ0n) is 15.0. The van der Waals surface area contributed by atoms with Crippen molar-refractivity contribution in [2.45, 2.75) is 64.3 Å². The van der Waals surface area contributed by atoms with E-state index in [0.717, 1.165) is 32.0 Å². The molecule has 0 radical (unpaired) electrons. The van der Waals surface area contributed by atoms with Gasteiger partial charge in [0.05, 0.1) is 0 Å². The Morgan fingerprint density at radius 1 is 1.32 bits per heavy atom. The van der Waals surface area contributed by atoms with Gasteiger partial charge in [-0.2, -0.15) is 0 Å². The summed E-state index contributed by atoms with van der Waals surface area (Å²) in [5.41, 5.74) is 0.146. The molecule has 1 aliphatic heterocycles. The van der Waals surface area contributed by atoms with Gasteiger partial charge in [0, 0.05) is 25.2 Å². The number of hydrogen-bond acceptors (Lipinski definition) is 2. The predicted octanol–water partition coefficient (Wildman–Crippen LogP) is 3.33. The smallest absolute Gasteiger partial charge is 0.317 e. The molecule has 3 atom stereocenters. The second-order valence-corrected chi connectivity index (χ2v) is 7.84. The van der Waals surface area contributed by atoms with Crippen molar-refractivity contribution in [1.82, 2.24) is 15.1 Å². The van der Waals surface area contributed by atoms with Crippen molar-refractivity contribution >= 4 is 6.03 Å². The van der Waals surface area contributed by atoms with E-state index in [1.54, 1.807) is 0 Å². The number of urea groups is 1. The van der Waals surface area contributed by atoms with Crippen LogP contribution in [0.2, 0.25) is 0 Å². The molecule has 1 saturated carbocycles. The lowest BCUT2D eigenvalue weighted by molar-refractivity contribution is 0.0741. The van der Waals surface area contributed by atoms with E-state index in [4.69, 9.17) is 0 Å². The van der Waals surface area contributed by atoms with Crippen LogP contribution in [0.4, 0.5) is 4.79 Å². The molecule has 1 heterocycles. The molecule has 1 N–H and O–H groups in total. The lowest BCUT2D eigenvalue weighted by Gasteiger charge is -2.45. The number of rotatable bonds is 4. The van der Waals surface area contributed by atoms with E-state index in [1.165, 1.54) is 38.5 Å².